The van der Waals surface area contributed by atoms with Gasteiger partial charge in [-0.25, -0.2) is 18.9 Å². The number of anilines is 3. The van der Waals surface area contributed by atoms with Gasteiger partial charge in [-0.2, -0.15) is 0 Å². The fraction of sp³-hybridized carbons (Fsp3) is 0.525. The van der Waals surface area contributed by atoms with Crippen LogP contribution in [0.2, 0.25) is 0 Å². The highest BCUT2D eigenvalue weighted by Crippen LogP contribution is 3.10. The number of hydrogen-bond acceptors (Lipinski definition) is 20. The third-order valence-electron chi connectivity index (χ3n) is 23.8. The number of nitrogens with two attached hydrogens (primary N) is 1. The van der Waals surface area contributed by atoms with Crippen molar-refractivity contribution in [1.82, 2.24) is 25.3 Å². The molecule has 9 aliphatic rings. The minimum atomic E-state index is -4.97. The number of phosphoric acid groups is 1. The van der Waals surface area contributed by atoms with Crippen LogP contribution in [0.4, 0.5) is 31.4 Å². The van der Waals surface area contributed by atoms with Gasteiger partial charge < -0.3 is 83.7 Å². The number of urea groups is 1. The first-order valence-corrected chi connectivity index (χ1v) is 41.1. The van der Waals surface area contributed by atoms with E-state index in [0.29, 0.717) is 111 Å². The maximum Gasteiger partial charge on any atom is 0.524 e. The number of ether oxygens (including phenoxy) is 8. The Labute approximate surface area is 668 Å². The van der Waals surface area contributed by atoms with Gasteiger partial charge >= 0.3 is 26.0 Å². The van der Waals surface area contributed by atoms with Crippen molar-refractivity contribution >= 4 is 129 Å². The molecule has 34 heteroatoms. The van der Waals surface area contributed by atoms with Crippen LogP contribution in [-0.4, -0.2) is 234 Å². The molecular weight excluding hydrogens is 1540 g/mol. The Morgan fingerprint density at radius 2 is 1.08 bits per heavy atom. The highest BCUT2D eigenvalue weighted by Gasteiger charge is 3.13. The molecule has 114 heavy (non-hydrogen) atoms. The van der Waals surface area contributed by atoms with Crippen LogP contribution in [0, 0.1) is 58.2 Å². The molecule has 0 spiro atoms. The smallest absolute Gasteiger partial charge is 0.445 e. The number of carbonyl (C=O) groups excluding carboxylic acids is 10. The van der Waals surface area contributed by atoms with Crippen LogP contribution < -0.4 is 40.7 Å². The molecule has 5 aromatic carbocycles. The second-order valence-electron chi connectivity index (χ2n) is 30.5. The van der Waals surface area contributed by atoms with Crippen LogP contribution in [-0.2, 0) is 77.9 Å². The molecule has 0 aromatic heterocycles. The van der Waals surface area contributed by atoms with Crippen molar-refractivity contribution in [3.8, 4) is 11.5 Å². The molecule has 3 aliphatic heterocycles. The monoisotopic (exact) mass is 1640 g/mol. The van der Waals surface area contributed by atoms with E-state index in [-0.39, 0.29) is 184 Å². The molecule has 31 nitrogen and oxygen atoms in total. The lowest BCUT2D eigenvalue weighted by Gasteiger charge is -3.09. The summed E-state index contributed by atoms with van der Waals surface area (Å²) in [5, 5.41) is 10.8. The number of benzene rings is 5. The molecule has 10 amide bonds. The van der Waals surface area contributed by atoms with Gasteiger partial charge in [-0.1, -0.05) is 74.5 Å². The van der Waals surface area contributed by atoms with Crippen molar-refractivity contribution in [1.29, 1.82) is 0 Å². The number of likely N-dealkylation sites (N-methyl/N-ethyl adjacent to an activating group) is 2. The van der Waals surface area contributed by atoms with Gasteiger partial charge in [0.2, 0.25) is 23.6 Å². The molecule has 6 fully saturated rings. The highest BCUT2D eigenvalue weighted by atomic mass is 35.5. The summed E-state index contributed by atoms with van der Waals surface area (Å²) >= 11 is 13.3. The highest BCUT2D eigenvalue weighted by molar-refractivity contribution is 7.46. The first kappa shape index (κ1) is 83.1. The molecule has 0 radical (unpaired) electrons. The van der Waals surface area contributed by atoms with Gasteiger partial charge in [0, 0.05) is 130 Å². The van der Waals surface area contributed by atoms with E-state index in [9.17, 15) is 52.7 Å². The summed E-state index contributed by atoms with van der Waals surface area (Å²) in [6, 6.07) is 22.9. The number of primary amides is 1. The van der Waals surface area contributed by atoms with Crippen molar-refractivity contribution < 1.29 is 105 Å². The van der Waals surface area contributed by atoms with Crippen LogP contribution in [0.15, 0.2) is 97.1 Å². The molecule has 4 atom stereocenters. The minimum absolute atomic E-state index is 0.00441. The number of hydrogen-bond donors (Lipinski definition) is 6. The number of phosphoric ester groups is 1. The van der Waals surface area contributed by atoms with Crippen LogP contribution in [0.25, 0.3) is 21.5 Å². The molecule has 6 aliphatic carbocycles. The van der Waals surface area contributed by atoms with Crippen molar-refractivity contribution in [2.45, 2.75) is 64.0 Å². The number of rotatable bonds is 44. The Bertz CT molecular complexity index is 4510. The standard InChI is InChI=1S/C80H96Cl2N9O22P/c1-46(2)72(86-61(93)21-26-105-28-30-107-32-34-109-36-37-110-35-33-108-31-29-106-27-25-89-62(94)19-20-63(89)95)58(92)38-48(10-9-22-84-76(83)99)73(96)85-51-17-15-47(16-18-51)45-111-77(100)87(3)23-24-88(4)78(101)112-59-39-56-64(54-13-7-5-11-52(54)59)49(41-81)43-90(56)74(97)79-66-69-67(79)71-68(79)70(66)80(69,71)75(98)91-44-50(42-82)65-55-14-8-6-12-53(55)60(40-57(65)91)113-114(102,103)104/h5-8,11-20,39-40,46,48-50,66-72H,9-10,21-38,41-45H2,1-4H3,(H,85,96)(H,86,93)(H3,83,84,99)(H2,102,103,104). The summed E-state index contributed by atoms with van der Waals surface area (Å²) in [5.41, 5.74) is 7.91. The third kappa shape index (κ3) is 16.3. The molecule has 4 unspecified atom stereocenters. The number of nitrogens with zero attached hydrogens (tertiary/aromatic N) is 5. The van der Waals surface area contributed by atoms with Crippen LogP contribution in [0.1, 0.15) is 68.1 Å². The molecular formula is C80H96Cl2N9O22P. The summed E-state index contributed by atoms with van der Waals surface area (Å²) in [4.78, 5) is 160. The van der Waals surface area contributed by atoms with E-state index >= 15 is 9.59 Å². The lowest BCUT2D eigenvalue weighted by Crippen LogP contribution is -3.12. The quantitative estimate of drug-likeness (QED) is 0.00953. The predicted octanol–water partition coefficient (Wildman–Crippen LogP) is 7.46. The number of halogens is 2. The predicted molar refractivity (Wildman–Crippen MR) is 417 cm³/mol. The maximum absolute atomic E-state index is 15.4. The number of fused-ring (bicyclic) bond motifs is 6. The van der Waals surface area contributed by atoms with E-state index < -0.39 is 60.6 Å². The van der Waals surface area contributed by atoms with E-state index in [1.807, 2.05) is 41.3 Å². The summed E-state index contributed by atoms with van der Waals surface area (Å²) in [5.74, 6) is -2.80. The molecule has 5 aromatic rings. The Morgan fingerprint density at radius 3 is 1.55 bits per heavy atom. The fourth-order valence-corrected chi connectivity index (χ4v) is 19.6. The second-order valence-corrected chi connectivity index (χ2v) is 32.3. The number of carbonyl (C=O) groups is 10. The largest absolute Gasteiger partial charge is 0.524 e. The van der Waals surface area contributed by atoms with Gasteiger partial charge in [0.05, 0.1) is 114 Å². The molecule has 7 N–H and O–H groups in total. The van der Waals surface area contributed by atoms with Crippen molar-refractivity contribution in [2.24, 2.45) is 63.9 Å². The fourth-order valence-electron chi connectivity index (χ4n) is 18.7. The zero-order chi connectivity index (χ0) is 80.9. The number of ketones is 1. The van der Waals surface area contributed by atoms with Crippen molar-refractivity contribution in [2.75, 3.05) is 160 Å². The summed E-state index contributed by atoms with van der Waals surface area (Å²) in [6.07, 6.45) is 1.34. The van der Waals surface area contributed by atoms with Crippen molar-refractivity contribution in [3.05, 3.63) is 114 Å². The Hall–Kier alpha value is -8.85. The third-order valence-corrected chi connectivity index (χ3v) is 24.9. The average molecular weight is 1640 g/mol. The van der Waals surface area contributed by atoms with Crippen LogP contribution >= 0.6 is 31.0 Å². The molecule has 6 saturated carbocycles. The minimum Gasteiger partial charge on any atom is -0.445 e. The van der Waals surface area contributed by atoms with E-state index in [1.165, 1.54) is 29.0 Å². The number of alkyl halides is 2. The lowest BCUT2D eigenvalue weighted by molar-refractivity contribution is -0.623. The van der Waals surface area contributed by atoms with Gasteiger partial charge in [-0.3, -0.25) is 48.2 Å². The lowest BCUT2D eigenvalue weighted by atomic mass is 8.92. The topological polar surface area (TPSA) is 390 Å². The Morgan fingerprint density at radius 1 is 0.623 bits per heavy atom. The first-order valence-electron chi connectivity index (χ1n) is 38.5. The zero-order valence-corrected chi connectivity index (χ0v) is 66.2. The van der Waals surface area contributed by atoms with E-state index in [4.69, 9.17) is 71.4 Å². The van der Waals surface area contributed by atoms with Crippen molar-refractivity contribution in [3.63, 3.8) is 0 Å². The van der Waals surface area contributed by atoms with E-state index in [1.54, 1.807) is 74.3 Å². The maximum atomic E-state index is 15.4. The van der Waals surface area contributed by atoms with Crippen LogP contribution in [0.5, 0.6) is 11.5 Å². The van der Waals surface area contributed by atoms with Gasteiger partial charge in [0.1, 0.15) is 18.1 Å². The Balaban J connectivity index is 0.526. The number of imide groups is 1. The molecule has 0 saturated heterocycles. The molecule has 14 rings (SSSR count). The molecule has 0 bridgehead atoms. The molecule has 612 valence electrons. The van der Waals surface area contributed by atoms with Gasteiger partial charge in [-0.05, 0) is 93.9 Å². The van der Waals surface area contributed by atoms with E-state index in [0.717, 1.165) is 21.4 Å². The zero-order valence-electron chi connectivity index (χ0n) is 63.8. The molecule has 3 heterocycles. The summed E-state index contributed by atoms with van der Waals surface area (Å²) in [7, 11) is -1.90. The number of amides is 10. The second kappa shape index (κ2) is 35.7. The van der Waals surface area contributed by atoms with Crippen LogP contribution in [0.3, 0.4) is 0 Å². The average Bonchev–Trinajstić information content (AvgIpc) is 0.637. The number of nitrogens with one attached hydrogen (secondary N) is 3. The summed E-state index contributed by atoms with van der Waals surface area (Å²) in [6.45, 7) is 8.05. The Kier molecular flexibility index (Phi) is 26.0. The van der Waals surface area contributed by atoms with Gasteiger partial charge in [0.25, 0.3) is 11.8 Å². The first-order chi connectivity index (χ1) is 54.8. The summed E-state index contributed by atoms with van der Waals surface area (Å²) < 4.78 is 62.2. The van der Waals surface area contributed by atoms with Gasteiger partial charge in [-0.15, -0.1) is 23.2 Å². The normalized spacial score (nSPS) is 23.2. The van der Waals surface area contributed by atoms with Gasteiger partial charge in [0.15, 0.2) is 5.78 Å². The number of Topliss-reactive ketones (excluding diaryl/α,β-unsaturated/α-hetero) is 1. The SMILES string of the molecule is CC(C)C(NC(=O)CCOCCOCCOCCOCCOCCOCCN1C(=O)C=CC1=O)C(=O)CC(CCCNC(N)=O)C(=O)Nc1ccc(COC(=O)N(C)CCN(C)C(=O)Oc2cc3c(c4ccccc24)C(CCl)CN3C(=O)C23C4C5C2C2C3C4C52C(=O)N2CC(CCl)c3c2cc(OP(=O)(O)O)c2ccccc32)cc1. The van der Waals surface area contributed by atoms with E-state index in [2.05, 4.69) is 16.0 Å².